The van der Waals surface area contributed by atoms with Crippen LogP contribution in [0.5, 0.6) is 0 Å². The molecule has 1 aliphatic rings. The Bertz CT molecular complexity index is 738. The average molecular weight is 358 g/mol. The second-order valence-electron chi connectivity index (χ2n) is 7.14. The maximum atomic E-state index is 12.6. The van der Waals surface area contributed by atoms with E-state index in [-0.39, 0.29) is 17.9 Å². The Hall–Kier alpha value is -1.72. The topological polar surface area (TPSA) is 54.0 Å². The summed E-state index contributed by atoms with van der Waals surface area (Å²) in [5.41, 5.74) is 3.39. The van der Waals surface area contributed by atoms with Crippen LogP contribution < -0.4 is 10.6 Å². The van der Waals surface area contributed by atoms with Crippen LogP contribution in [0.1, 0.15) is 48.9 Å². The van der Waals surface area contributed by atoms with E-state index in [1.54, 1.807) is 11.3 Å². The van der Waals surface area contributed by atoms with Crippen molar-refractivity contribution in [2.24, 2.45) is 5.92 Å². The van der Waals surface area contributed by atoms with Gasteiger partial charge in [0.1, 0.15) is 5.01 Å². The highest BCUT2D eigenvalue weighted by atomic mass is 32.1. The maximum Gasteiger partial charge on any atom is 0.223 e. The molecule has 0 aliphatic carbocycles. The van der Waals surface area contributed by atoms with Gasteiger partial charge in [-0.05, 0) is 47.1 Å². The standard InChI is InChI=1S/C20H27N3OS/c1-12-5-7-16(8-6-12)20-23-15(4)18(25-20)14(3)22-19(24)17-9-10-21-13(2)11-17/h5-8,13-14,17,21H,9-11H2,1-4H3,(H,22,24)/t13-,14?,17-/m0/s1. The zero-order chi connectivity index (χ0) is 18.0. The molecule has 1 saturated heterocycles. The van der Waals surface area contributed by atoms with Crippen molar-refractivity contribution in [2.45, 2.75) is 52.6 Å². The normalized spacial score (nSPS) is 21.8. The molecule has 3 atom stereocenters. The van der Waals surface area contributed by atoms with E-state index in [0.717, 1.165) is 40.5 Å². The first-order valence-electron chi connectivity index (χ1n) is 9.02. The summed E-state index contributed by atoms with van der Waals surface area (Å²) in [6.45, 7) is 9.23. The van der Waals surface area contributed by atoms with Crippen molar-refractivity contribution in [3.63, 3.8) is 0 Å². The number of aromatic nitrogens is 1. The molecule has 5 heteroatoms. The van der Waals surface area contributed by atoms with E-state index in [2.05, 4.69) is 55.7 Å². The van der Waals surface area contributed by atoms with Gasteiger partial charge in [-0.25, -0.2) is 4.98 Å². The van der Waals surface area contributed by atoms with Crippen LogP contribution in [0.25, 0.3) is 10.6 Å². The number of benzene rings is 1. The lowest BCUT2D eigenvalue weighted by Crippen LogP contribution is -2.42. The van der Waals surface area contributed by atoms with E-state index >= 15 is 0 Å². The van der Waals surface area contributed by atoms with Crippen molar-refractivity contribution in [1.29, 1.82) is 0 Å². The smallest absolute Gasteiger partial charge is 0.223 e. The Kier molecular flexibility index (Phi) is 5.54. The summed E-state index contributed by atoms with van der Waals surface area (Å²) in [5, 5.41) is 7.62. The SMILES string of the molecule is Cc1ccc(-c2nc(C)c(C(C)NC(=O)[C@H]3CCN[C@@H](C)C3)s2)cc1. The Morgan fingerprint density at radius 2 is 2.04 bits per heavy atom. The first kappa shape index (κ1) is 18.1. The van der Waals surface area contributed by atoms with Gasteiger partial charge in [-0.2, -0.15) is 0 Å². The summed E-state index contributed by atoms with van der Waals surface area (Å²) in [4.78, 5) is 18.5. The number of carbonyl (C=O) groups is 1. The minimum atomic E-state index is -0.00519. The number of amides is 1. The van der Waals surface area contributed by atoms with E-state index in [4.69, 9.17) is 4.98 Å². The fraction of sp³-hybridized carbons (Fsp3) is 0.500. The van der Waals surface area contributed by atoms with Gasteiger partial charge in [-0.1, -0.05) is 29.8 Å². The summed E-state index contributed by atoms with van der Waals surface area (Å²) < 4.78 is 0. The van der Waals surface area contributed by atoms with Gasteiger partial charge in [0, 0.05) is 17.5 Å². The van der Waals surface area contributed by atoms with E-state index in [9.17, 15) is 4.79 Å². The lowest BCUT2D eigenvalue weighted by Gasteiger charge is -2.28. The van der Waals surface area contributed by atoms with Crippen LogP contribution in [0.15, 0.2) is 24.3 Å². The number of nitrogens with zero attached hydrogens (tertiary/aromatic N) is 1. The number of hydrogen-bond acceptors (Lipinski definition) is 4. The molecule has 1 aliphatic heterocycles. The Morgan fingerprint density at radius 1 is 1.32 bits per heavy atom. The second-order valence-corrected chi connectivity index (χ2v) is 8.17. The number of rotatable bonds is 4. The zero-order valence-corrected chi connectivity index (χ0v) is 16.2. The van der Waals surface area contributed by atoms with Crippen LogP contribution >= 0.6 is 11.3 Å². The van der Waals surface area contributed by atoms with Gasteiger partial charge in [0.2, 0.25) is 5.91 Å². The predicted octanol–water partition coefficient (Wildman–Crippen LogP) is 3.99. The molecule has 0 bridgehead atoms. The fourth-order valence-corrected chi connectivity index (χ4v) is 4.47. The molecule has 0 spiro atoms. The monoisotopic (exact) mass is 357 g/mol. The Labute approximate surface area is 154 Å². The molecule has 2 N–H and O–H groups in total. The minimum absolute atomic E-state index is 0.00519. The number of thiazole rings is 1. The minimum Gasteiger partial charge on any atom is -0.348 e. The van der Waals surface area contributed by atoms with Gasteiger partial charge >= 0.3 is 0 Å². The largest absolute Gasteiger partial charge is 0.348 e. The van der Waals surface area contributed by atoms with Crippen LogP contribution in [0.4, 0.5) is 0 Å². The summed E-state index contributed by atoms with van der Waals surface area (Å²) in [6, 6.07) is 8.84. The molecule has 1 amide bonds. The van der Waals surface area contributed by atoms with Crippen LogP contribution in [0.3, 0.4) is 0 Å². The summed E-state index contributed by atoms with van der Waals surface area (Å²) >= 11 is 1.68. The zero-order valence-electron chi connectivity index (χ0n) is 15.4. The molecule has 25 heavy (non-hydrogen) atoms. The Morgan fingerprint density at radius 3 is 2.72 bits per heavy atom. The first-order chi connectivity index (χ1) is 11.9. The van der Waals surface area contributed by atoms with Crippen LogP contribution in [0, 0.1) is 19.8 Å². The molecule has 2 aromatic rings. The van der Waals surface area contributed by atoms with Crippen molar-refractivity contribution in [2.75, 3.05) is 6.54 Å². The molecule has 1 aromatic carbocycles. The highest BCUT2D eigenvalue weighted by Crippen LogP contribution is 2.32. The van der Waals surface area contributed by atoms with Gasteiger partial charge in [-0.3, -0.25) is 4.79 Å². The molecular weight excluding hydrogens is 330 g/mol. The third-order valence-corrected chi connectivity index (χ3v) is 6.27. The van der Waals surface area contributed by atoms with E-state index < -0.39 is 0 Å². The molecule has 1 aromatic heterocycles. The van der Waals surface area contributed by atoms with E-state index in [0.29, 0.717) is 6.04 Å². The lowest BCUT2D eigenvalue weighted by atomic mass is 9.92. The van der Waals surface area contributed by atoms with Gasteiger partial charge in [-0.15, -0.1) is 11.3 Å². The van der Waals surface area contributed by atoms with Crippen LogP contribution in [0.2, 0.25) is 0 Å². The molecular formula is C20H27N3OS. The van der Waals surface area contributed by atoms with Crippen molar-refractivity contribution >= 4 is 17.2 Å². The van der Waals surface area contributed by atoms with Gasteiger partial charge in [0.15, 0.2) is 0 Å². The molecule has 0 radical (unpaired) electrons. The number of hydrogen-bond donors (Lipinski definition) is 2. The molecule has 134 valence electrons. The third kappa shape index (κ3) is 4.28. The van der Waals surface area contributed by atoms with E-state index in [1.165, 1.54) is 5.56 Å². The van der Waals surface area contributed by atoms with Crippen molar-refractivity contribution in [1.82, 2.24) is 15.6 Å². The first-order valence-corrected chi connectivity index (χ1v) is 9.84. The predicted molar refractivity (Wildman–Crippen MR) is 104 cm³/mol. The van der Waals surface area contributed by atoms with Crippen LogP contribution in [-0.4, -0.2) is 23.5 Å². The average Bonchev–Trinajstić information content (AvgIpc) is 2.97. The van der Waals surface area contributed by atoms with Crippen molar-refractivity contribution < 1.29 is 4.79 Å². The molecule has 2 heterocycles. The molecule has 3 rings (SSSR count). The lowest BCUT2D eigenvalue weighted by molar-refractivity contribution is -0.126. The van der Waals surface area contributed by atoms with Crippen molar-refractivity contribution in [3.8, 4) is 10.6 Å². The van der Waals surface area contributed by atoms with Crippen LogP contribution in [-0.2, 0) is 4.79 Å². The summed E-state index contributed by atoms with van der Waals surface area (Å²) in [5.74, 6) is 0.286. The van der Waals surface area contributed by atoms with Crippen molar-refractivity contribution in [3.05, 3.63) is 40.4 Å². The summed E-state index contributed by atoms with van der Waals surface area (Å²) in [6.07, 6.45) is 1.83. The van der Waals surface area contributed by atoms with E-state index in [1.807, 2.05) is 6.92 Å². The Balaban J connectivity index is 1.70. The number of piperidine rings is 1. The third-order valence-electron chi connectivity index (χ3n) is 4.88. The highest BCUT2D eigenvalue weighted by molar-refractivity contribution is 7.15. The number of aryl methyl sites for hydroxylation is 2. The molecule has 4 nitrogen and oxygen atoms in total. The molecule has 1 fully saturated rings. The molecule has 0 saturated carbocycles. The molecule has 1 unspecified atom stereocenters. The number of carbonyl (C=O) groups excluding carboxylic acids is 1. The summed E-state index contributed by atoms with van der Waals surface area (Å²) in [7, 11) is 0. The van der Waals surface area contributed by atoms with Gasteiger partial charge in [0.05, 0.1) is 16.6 Å². The second kappa shape index (κ2) is 7.67. The number of nitrogens with one attached hydrogen (secondary N) is 2. The van der Waals surface area contributed by atoms with Gasteiger partial charge in [0.25, 0.3) is 0 Å². The quantitative estimate of drug-likeness (QED) is 0.870. The fourth-order valence-electron chi connectivity index (χ4n) is 3.40. The maximum absolute atomic E-state index is 12.6. The van der Waals surface area contributed by atoms with Gasteiger partial charge < -0.3 is 10.6 Å². The highest BCUT2D eigenvalue weighted by Gasteiger charge is 2.26.